The van der Waals surface area contributed by atoms with Crippen molar-refractivity contribution in [3.05, 3.63) is 29.6 Å². The second-order valence-corrected chi connectivity index (χ2v) is 8.67. The Balaban J connectivity index is 1.34. The average molecular weight is 389 g/mol. The number of rotatable bonds is 4. The molecule has 3 N–H and O–H groups in total. The number of benzene rings is 1. The molecule has 0 unspecified atom stereocenters. The lowest BCUT2D eigenvalue weighted by molar-refractivity contribution is -0.129. The molecule has 0 saturated carbocycles. The number of hydrogen-bond acceptors (Lipinski definition) is 7. The van der Waals surface area contributed by atoms with Gasteiger partial charge >= 0.3 is 0 Å². The van der Waals surface area contributed by atoms with Gasteiger partial charge in [-0.3, -0.25) is 4.79 Å². The predicted octanol–water partition coefficient (Wildman–Crippen LogP) is 2.80. The van der Waals surface area contributed by atoms with Crippen LogP contribution in [0.5, 0.6) is 0 Å². The molecule has 1 aliphatic rings. The summed E-state index contributed by atoms with van der Waals surface area (Å²) in [5, 5.41) is 8.13. The Labute approximate surface area is 159 Å². The molecule has 26 heavy (non-hydrogen) atoms. The van der Waals surface area contributed by atoms with Gasteiger partial charge in [0.1, 0.15) is 5.82 Å². The predicted molar refractivity (Wildman–Crippen MR) is 104 cm³/mol. The first-order chi connectivity index (χ1) is 12.6. The molecular formula is C17H20N6OS2. The average Bonchev–Trinajstić information content (AvgIpc) is 3.27. The molecule has 0 spiro atoms. The molecule has 1 saturated heterocycles. The number of hydrogen-bond donors (Lipinski definition) is 2. The number of amides is 1. The van der Waals surface area contributed by atoms with E-state index in [4.69, 9.17) is 10.7 Å². The minimum absolute atomic E-state index is 0.141. The maximum Gasteiger partial charge on any atom is 0.233 e. The van der Waals surface area contributed by atoms with Crippen molar-refractivity contribution < 1.29 is 4.79 Å². The topological polar surface area (TPSA) is 101 Å². The van der Waals surface area contributed by atoms with E-state index >= 15 is 0 Å². The summed E-state index contributed by atoms with van der Waals surface area (Å²) < 4.78 is 0.739. The van der Waals surface area contributed by atoms with Crippen molar-refractivity contribution in [2.75, 3.05) is 24.6 Å². The molecule has 136 valence electrons. The van der Waals surface area contributed by atoms with Gasteiger partial charge in [0.2, 0.25) is 11.0 Å². The summed E-state index contributed by atoms with van der Waals surface area (Å²) in [5.74, 6) is 1.94. The van der Waals surface area contributed by atoms with Crippen LogP contribution in [0.25, 0.3) is 11.0 Å². The number of nitrogens with one attached hydrogen (secondary N) is 1. The first-order valence-electron chi connectivity index (χ1n) is 8.55. The number of para-hydroxylation sites is 1. The fourth-order valence-electron chi connectivity index (χ4n) is 3.28. The van der Waals surface area contributed by atoms with E-state index in [0.29, 0.717) is 16.8 Å². The zero-order chi connectivity index (χ0) is 18.1. The van der Waals surface area contributed by atoms with Crippen LogP contribution in [0.2, 0.25) is 0 Å². The molecule has 1 fully saturated rings. The van der Waals surface area contributed by atoms with Crippen molar-refractivity contribution in [2.24, 2.45) is 0 Å². The number of aromatic nitrogens is 4. The highest BCUT2D eigenvalue weighted by Gasteiger charge is 2.26. The normalized spacial score (nSPS) is 15.7. The third-order valence-corrected chi connectivity index (χ3v) is 6.58. The second kappa shape index (κ2) is 7.24. The molecule has 2 aromatic heterocycles. The molecule has 1 aromatic carbocycles. The number of imidazole rings is 1. The minimum atomic E-state index is 0.141. The van der Waals surface area contributed by atoms with E-state index in [-0.39, 0.29) is 5.91 Å². The van der Waals surface area contributed by atoms with Gasteiger partial charge in [-0.2, -0.15) is 0 Å². The summed E-state index contributed by atoms with van der Waals surface area (Å²) in [6.07, 6.45) is 1.86. The molecule has 9 heteroatoms. The number of likely N-dealkylation sites (tertiary alicyclic amines) is 1. The molecule has 0 atom stereocenters. The highest BCUT2D eigenvalue weighted by atomic mass is 32.2. The van der Waals surface area contributed by atoms with Gasteiger partial charge in [0.25, 0.3) is 0 Å². The number of piperidine rings is 1. The van der Waals surface area contributed by atoms with Gasteiger partial charge in [-0.05, 0) is 31.4 Å². The summed E-state index contributed by atoms with van der Waals surface area (Å²) in [6.45, 7) is 3.61. The number of thioether (sulfide) groups is 1. The van der Waals surface area contributed by atoms with E-state index in [1.54, 1.807) is 0 Å². The molecule has 1 aliphatic heterocycles. The summed E-state index contributed by atoms with van der Waals surface area (Å²) in [5.41, 5.74) is 8.89. The molecule has 3 aromatic rings. The number of nitrogen functional groups attached to an aromatic ring is 1. The van der Waals surface area contributed by atoms with Crippen LogP contribution < -0.4 is 5.73 Å². The van der Waals surface area contributed by atoms with E-state index in [9.17, 15) is 4.79 Å². The van der Waals surface area contributed by atoms with Gasteiger partial charge in [-0.25, -0.2) is 4.98 Å². The van der Waals surface area contributed by atoms with Crippen LogP contribution in [-0.2, 0) is 4.79 Å². The quantitative estimate of drug-likeness (QED) is 0.667. The third kappa shape index (κ3) is 3.54. The Morgan fingerprint density at radius 3 is 2.88 bits per heavy atom. The van der Waals surface area contributed by atoms with Gasteiger partial charge in [0.15, 0.2) is 4.34 Å². The molecule has 0 bridgehead atoms. The summed E-state index contributed by atoms with van der Waals surface area (Å²) in [7, 11) is 0. The van der Waals surface area contributed by atoms with E-state index in [0.717, 1.165) is 47.1 Å². The molecule has 1 amide bonds. The highest BCUT2D eigenvalue weighted by Crippen LogP contribution is 2.29. The minimum Gasteiger partial charge on any atom is -0.374 e. The van der Waals surface area contributed by atoms with Crippen molar-refractivity contribution in [2.45, 2.75) is 30.0 Å². The number of carbonyl (C=O) groups excluding carboxylic acids is 1. The molecule has 7 nitrogen and oxygen atoms in total. The van der Waals surface area contributed by atoms with Crippen LogP contribution in [0.1, 0.15) is 30.1 Å². The zero-order valence-corrected chi connectivity index (χ0v) is 16.1. The molecule has 3 heterocycles. The Bertz CT molecular complexity index is 928. The van der Waals surface area contributed by atoms with E-state index in [1.807, 2.05) is 11.0 Å². The Morgan fingerprint density at radius 1 is 1.38 bits per heavy atom. The van der Waals surface area contributed by atoms with Gasteiger partial charge < -0.3 is 15.6 Å². The van der Waals surface area contributed by atoms with Crippen molar-refractivity contribution in [3.8, 4) is 0 Å². The van der Waals surface area contributed by atoms with Gasteiger partial charge in [0, 0.05) is 19.0 Å². The lowest BCUT2D eigenvalue weighted by atomic mass is 9.96. The van der Waals surface area contributed by atoms with Gasteiger partial charge in [-0.15, -0.1) is 10.2 Å². The van der Waals surface area contributed by atoms with E-state index in [2.05, 4.69) is 34.2 Å². The van der Waals surface area contributed by atoms with Crippen LogP contribution in [0.3, 0.4) is 0 Å². The third-order valence-electron chi connectivity index (χ3n) is 4.71. The fraction of sp³-hybridized carbons (Fsp3) is 0.412. The van der Waals surface area contributed by atoms with Crippen LogP contribution >= 0.6 is 23.1 Å². The maximum atomic E-state index is 12.4. The Kier molecular flexibility index (Phi) is 4.82. The lowest BCUT2D eigenvalue weighted by Gasteiger charge is -2.31. The van der Waals surface area contributed by atoms with Crippen molar-refractivity contribution in [3.63, 3.8) is 0 Å². The standard InChI is InChI=1S/C17H20N6OS2/c1-10-3-2-4-12-14(10)20-15(19-12)11-5-7-23(8-6-11)13(24)9-25-17-22-21-16(18)26-17/h2-4,11H,5-9H2,1H3,(H2,18,21)(H,19,20). The number of fused-ring (bicyclic) bond motifs is 1. The monoisotopic (exact) mass is 388 g/mol. The SMILES string of the molecule is Cc1cccc2[nH]c(C3CCN(C(=O)CSc4nnc(N)s4)CC3)nc12. The first kappa shape index (κ1) is 17.3. The maximum absolute atomic E-state index is 12.4. The number of anilines is 1. The zero-order valence-electron chi connectivity index (χ0n) is 14.4. The van der Waals surface area contributed by atoms with Crippen molar-refractivity contribution >= 4 is 45.2 Å². The van der Waals surface area contributed by atoms with Crippen molar-refractivity contribution in [1.29, 1.82) is 0 Å². The summed E-state index contributed by atoms with van der Waals surface area (Å²) in [4.78, 5) is 22.6. The second-order valence-electron chi connectivity index (χ2n) is 6.44. The first-order valence-corrected chi connectivity index (χ1v) is 10.3. The van der Waals surface area contributed by atoms with Crippen LogP contribution in [0, 0.1) is 6.92 Å². The Hall–Kier alpha value is -2.13. The summed E-state index contributed by atoms with van der Waals surface area (Å²) >= 11 is 2.71. The molecule has 0 radical (unpaired) electrons. The largest absolute Gasteiger partial charge is 0.374 e. The Morgan fingerprint density at radius 2 is 2.19 bits per heavy atom. The smallest absolute Gasteiger partial charge is 0.233 e. The highest BCUT2D eigenvalue weighted by molar-refractivity contribution is 8.01. The molecule has 0 aliphatic carbocycles. The van der Waals surface area contributed by atoms with Gasteiger partial charge in [-0.1, -0.05) is 35.2 Å². The van der Waals surface area contributed by atoms with Crippen molar-refractivity contribution in [1.82, 2.24) is 25.1 Å². The lowest BCUT2D eigenvalue weighted by Crippen LogP contribution is -2.39. The van der Waals surface area contributed by atoms with Crippen LogP contribution in [0.4, 0.5) is 5.13 Å². The number of nitrogens with zero attached hydrogens (tertiary/aromatic N) is 4. The summed E-state index contributed by atoms with van der Waals surface area (Å²) in [6, 6.07) is 6.19. The number of carbonyl (C=O) groups is 1. The molecule has 4 rings (SSSR count). The van der Waals surface area contributed by atoms with Gasteiger partial charge in [0.05, 0.1) is 16.8 Å². The number of aromatic amines is 1. The fourth-order valence-corrected chi connectivity index (χ4v) is 4.82. The number of aryl methyl sites for hydroxylation is 1. The van der Waals surface area contributed by atoms with E-state index < -0.39 is 0 Å². The molecular weight excluding hydrogens is 368 g/mol. The number of H-pyrrole nitrogens is 1. The van der Waals surface area contributed by atoms with Crippen LogP contribution in [0.15, 0.2) is 22.5 Å². The van der Waals surface area contributed by atoms with E-state index in [1.165, 1.54) is 28.7 Å². The van der Waals surface area contributed by atoms with Crippen LogP contribution in [-0.4, -0.2) is 49.8 Å². The number of nitrogens with two attached hydrogens (primary N) is 1.